The monoisotopic (exact) mass is 250 g/mol. The van der Waals surface area contributed by atoms with Gasteiger partial charge < -0.3 is 5.11 Å². The van der Waals surface area contributed by atoms with Crippen molar-refractivity contribution in [1.29, 1.82) is 0 Å². The molecule has 2 heteroatoms. The molecule has 2 nitrogen and oxygen atoms in total. The van der Waals surface area contributed by atoms with Crippen molar-refractivity contribution in [3.63, 3.8) is 0 Å². The number of hydrogen-bond donors (Lipinski definition) is 1. The van der Waals surface area contributed by atoms with Crippen molar-refractivity contribution >= 4 is 17.1 Å². The van der Waals surface area contributed by atoms with E-state index in [1.165, 1.54) is 5.56 Å². The van der Waals surface area contributed by atoms with E-state index in [-0.39, 0.29) is 11.5 Å². The molecule has 1 N–H and O–H groups in total. The van der Waals surface area contributed by atoms with Gasteiger partial charge in [0, 0.05) is 11.1 Å². The largest absolute Gasteiger partial charge is 0.507 e. The number of aliphatic hydroxyl groups is 1. The van der Waals surface area contributed by atoms with E-state index in [1.54, 1.807) is 12.1 Å². The van der Waals surface area contributed by atoms with E-state index in [0.29, 0.717) is 16.7 Å². The third-order valence-electron chi connectivity index (χ3n) is 3.54. The number of carbonyl (C=O) groups excluding carboxylic acids is 1. The summed E-state index contributed by atoms with van der Waals surface area (Å²) in [5, 5.41) is 10.3. The molecule has 1 aliphatic carbocycles. The fourth-order valence-corrected chi connectivity index (χ4v) is 2.44. The molecule has 0 aromatic heterocycles. The number of rotatable bonds is 2. The number of allylic oxidation sites excluding steroid dienone is 1. The van der Waals surface area contributed by atoms with E-state index in [4.69, 9.17) is 0 Å². The molecular formula is C17H14O2. The van der Waals surface area contributed by atoms with Crippen LogP contribution in [0.2, 0.25) is 0 Å². The second-order valence-electron chi connectivity index (χ2n) is 4.65. The molecule has 0 saturated carbocycles. The fraction of sp³-hybridized carbons (Fsp3) is 0.118. The topological polar surface area (TPSA) is 37.3 Å². The second-order valence-corrected chi connectivity index (χ2v) is 4.65. The Balaban J connectivity index is 2.11. The average Bonchev–Trinajstić information content (AvgIpc) is 2.72. The van der Waals surface area contributed by atoms with Crippen LogP contribution in [0.15, 0.2) is 48.5 Å². The van der Waals surface area contributed by atoms with Gasteiger partial charge in [-0.1, -0.05) is 55.5 Å². The van der Waals surface area contributed by atoms with Gasteiger partial charge in [0.2, 0.25) is 0 Å². The molecular weight excluding hydrogens is 236 g/mol. The summed E-state index contributed by atoms with van der Waals surface area (Å²) in [5.41, 5.74) is 3.60. The quantitative estimate of drug-likeness (QED) is 0.878. The molecule has 0 unspecified atom stereocenters. The van der Waals surface area contributed by atoms with Crippen molar-refractivity contribution in [2.24, 2.45) is 0 Å². The maximum atomic E-state index is 12.3. The molecule has 0 atom stereocenters. The molecule has 0 spiro atoms. The Kier molecular flexibility index (Phi) is 2.71. The average molecular weight is 250 g/mol. The van der Waals surface area contributed by atoms with Gasteiger partial charge in [0.15, 0.2) is 5.78 Å². The molecule has 2 aromatic carbocycles. The van der Waals surface area contributed by atoms with Crippen LogP contribution < -0.4 is 0 Å². The van der Waals surface area contributed by atoms with Gasteiger partial charge in [-0.2, -0.15) is 0 Å². The number of benzene rings is 2. The van der Waals surface area contributed by atoms with Gasteiger partial charge >= 0.3 is 0 Å². The Hall–Kier alpha value is -2.35. The first-order valence-electron chi connectivity index (χ1n) is 6.39. The van der Waals surface area contributed by atoms with Crippen LogP contribution in [-0.4, -0.2) is 10.9 Å². The van der Waals surface area contributed by atoms with Gasteiger partial charge in [-0.05, 0) is 17.5 Å². The lowest BCUT2D eigenvalue weighted by atomic mass is 10.0. The molecule has 19 heavy (non-hydrogen) atoms. The van der Waals surface area contributed by atoms with Gasteiger partial charge in [0.25, 0.3) is 0 Å². The minimum Gasteiger partial charge on any atom is -0.507 e. The molecule has 1 aliphatic rings. The van der Waals surface area contributed by atoms with Crippen molar-refractivity contribution < 1.29 is 9.90 Å². The molecule has 0 heterocycles. The highest BCUT2D eigenvalue weighted by Gasteiger charge is 2.29. The van der Waals surface area contributed by atoms with Gasteiger partial charge in [0.05, 0.1) is 5.57 Å². The molecule has 0 fully saturated rings. The van der Waals surface area contributed by atoms with Crippen molar-refractivity contribution in [2.75, 3.05) is 0 Å². The fourth-order valence-electron chi connectivity index (χ4n) is 2.44. The van der Waals surface area contributed by atoms with Crippen LogP contribution in [-0.2, 0) is 6.42 Å². The summed E-state index contributed by atoms with van der Waals surface area (Å²) >= 11 is 0. The molecule has 0 saturated heterocycles. The summed E-state index contributed by atoms with van der Waals surface area (Å²) < 4.78 is 0. The zero-order chi connectivity index (χ0) is 13.4. The zero-order valence-corrected chi connectivity index (χ0v) is 10.7. The van der Waals surface area contributed by atoms with Gasteiger partial charge in [-0.25, -0.2) is 0 Å². The van der Waals surface area contributed by atoms with E-state index in [9.17, 15) is 9.90 Å². The lowest BCUT2D eigenvalue weighted by Crippen LogP contribution is -1.98. The number of aliphatic hydroxyl groups excluding tert-OH is 1. The molecule has 0 bridgehead atoms. The van der Waals surface area contributed by atoms with Crippen molar-refractivity contribution in [1.82, 2.24) is 0 Å². The lowest BCUT2D eigenvalue weighted by Gasteiger charge is -2.03. The Morgan fingerprint density at radius 2 is 1.58 bits per heavy atom. The van der Waals surface area contributed by atoms with Gasteiger partial charge in [0.1, 0.15) is 5.76 Å². The van der Waals surface area contributed by atoms with E-state index < -0.39 is 0 Å². The normalized spacial score (nSPS) is 13.8. The SMILES string of the molecule is CCc1ccc(C2=C(O)c3ccccc3C2=O)cc1. The molecule has 0 amide bonds. The minimum atomic E-state index is -0.0997. The number of aryl methyl sites for hydroxylation is 1. The van der Waals surface area contributed by atoms with Crippen LogP contribution in [0.3, 0.4) is 0 Å². The Bertz CT molecular complexity index is 679. The maximum absolute atomic E-state index is 12.3. The number of ketones is 1. The number of Topliss-reactive ketones (excluding diaryl/α,β-unsaturated/α-hetero) is 1. The van der Waals surface area contributed by atoms with Crippen molar-refractivity contribution in [3.05, 3.63) is 70.8 Å². The van der Waals surface area contributed by atoms with E-state index in [0.717, 1.165) is 12.0 Å². The summed E-state index contributed by atoms with van der Waals surface area (Å²) in [5.74, 6) is -0.0119. The highest BCUT2D eigenvalue weighted by Crippen LogP contribution is 2.36. The summed E-state index contributed by atoms with van der Waals surface area (Å²) in [6.45, 7) is 2.09. The molecule has 2 aromatic rings. The van der Waals surface area contributed by atoms with Gasteiger partial charge in [-0.3, -0.25) is 4.79 Å². The minimum absolute atomic E-state index is 0.0878. The first-order valence-corrected chi connectivity index (χ1v) is 6.39. The summed E-state index contributed by atoms with van der Waals surface area (Å²) in [4.78, 5) is 12.3. The van der Waals surface area contributed by atoms with Crippen LogP contribution in [0, 0.1) is 0 Å². The van der Waals surface area contributed by atoms with Crippen LogP contribution in [0.25, 0.3) is 11.3 Å². The Morgan fingerprint density at radius 3 is 2.16 bits per heavy atom. The second kappa shape index (κ2) is 4.39. The smallest absolute Gasteiger partial charge is 0.198 e. The first kappa shape index (κ1) is 11.7. The van der Waals surface area contributed by atoms with Crippen molar-refractivity contribution in [2.45, 2.75) is 13.3 Å². The molecule has 0 aliphatic heterocycles. The third-order valence-corrected chi connectivity index (χ3v) is 3.54. The Labute approximate surface area is 112 Å². The van der Waals surface area contributed by atoms with Crippen LogP contribution in [0.4, 0.5) is 0 Å². The summed E-state index contributed by atoms with van der Waals surface area (Å²) in [6.07, 6.45) is 0.958. The first-order chi connectivity index (χ1) is 9.22. The zero-order valence-electron chi connectivity index (χ0n) is 10.7. The third kappa shape index (κ3) is 1.76. The highest BCUT2D eigenvalue weighted by molar-refractivity contribution is 6.38. The van der Waals surface area contributed by atoms with Gasteiger partial charge in [-0.15, -0.1) is 0 Å². The number of hydrogen-bond acceptors (Lipinski definition) is 2. The predicted octanol–water partition coefficient (Wildman–Crippen LogP) is 3.87. The lowest BCUT2D eigenvalue weighted by molar-refractivity contribution is 0.105. The van der Waals surface area contributed by atoms with Crippen LogP contribution >= 0.6 is 0 Å². The van der Waals surface area contributed by atoms with Crippen LogP contribution in [0.1, 0.15) is 34.0 Å². The number of fused-ring (bicyclic) bond motifs is 1. The van der Waals surface area contributed by atoms with Crippen molar-refractivity contribution in [3.8, 4) is 0 Å². The molecule has 94 valence electrons. The van der Waals surface area contributed by atoms with E-state index >= 15 is 0 Å². The van der Waals surface area contributed by atoms with E-state index in [1.807, 2.05) is 36.4 Å². The summed E-state index contributed by atoms with van der Waals surface area (Å²) in [6, 6.07) is 14.9. The number of carbonyl (C=O) groups is 1. The standard InChI is InChI=1S/C17H14O2/c1-2-11-7-9-12(10-8-11)15-16(18)13-5-3-4-6-14(13)17(15)19/h3-10,18H,2H2,1H3. The Morgan fingerprint density at radius 1 is 0.947 bits per heavy atom. The summed E-state index contributed by atoms with van der Waals surface area (Å²) in [7, 11) is 0. The highest BCUT2D eigenvalue weighted by atomic mass is 16.3. The van der Waals surface area contributed by atoms with E-state index in [2.05, 4.69) is 6.92 Å². The molecule has 3 rings (SSSR count). The maximum Gasteiger partial charge on any atom is 0.198 e. The predicted molar refractivity (Wildman–Crippen MR) is 76.0 cm³/mol. The van der Waals surface area contributed by atoms with Crippen LogP contribution in [0.5, 0.6) is 0 Å². The molecule has 0 radical (unpaired) electrons.